The summed E-state index contributed by atoms with van der Waals surface area (Å²) in [6.07, 6.45) is 26.7. The van der Waals surface area contributed by atoms with Crippen molar-refractivity contribution in [3.63, 3.8) is 0 Å². The van der Waals surface area contributed by atoms with Crippen LogP contribution in [-0.4, -0.2) is 108 Å². The molecule has 0 spiro atoms. The summed E-state index contributed by atoms with van der Waals surface area (Å²) in [5, 5.41) is 31.9. The Labute approximate surface area is 409 Å². The summed E-state index contributed by atoms with van der Waals surface area (Å²) in [5.41, 5.74) is 0. The fraction of sp³-hybridized carbons (Fsp3) is 0.745. The van der Waals surface area contributed by atoms with Crippen molar-refractivity contribution in [1.82, 2.24) is 0 Å². The molecular formula is C47H83O19P3. The lowest BCUT2D eigenvalue weighted by Crippen LogP contribution is -2.65. The monoisotopic (exact) mass is 1040 g/mol. The maximum Gasteiger partial charge on any atom is 0.472 e. The van der Waals surface area contributed by atoms with Gasteiger partial charge in [-0.25, -0.2) is 13.7 Å². The van der Waals surface area contributed by atoms with E-state index in [1.807, 2.05) is 12.2 Å². The van der Waals surface area contributed by atoms with Crippen LogP contribution in [0, 0.1) is 0 Å². The number of aliphatic hydroxyl groups excluding tert-OH is 3. The molecular weight excluding hydrogens is 961 g/mol. The van der Waals surface area contributed by atoms with Gasteiger partial charge in [-0.15, -0.1) is 0 Å². The first-order valence-corrected chi connectivity index (χ1v) is 29.1. The van der Waals surface area contributed by atoms with Gasteiger partial charge in [-0.3, -0.25) is 27.7 Å². The van der Waals surface area contributed by atoms with Crippen LogP contribution in [0.4, 0.5) is 0 Å². The van der Waals surface area contributed by atoms with Gasteiger partial charge in [-0.2, -0.15) is 0 Å². The number of aliphatic hydroxyl groups is 3. The molecule has 1 aliphatic rings. The summed E-state index contributed by atoms with van der Waals surface area (Å²) in [4.78, 5) is 73.2. The van der Waals surface area contributed by atoms with Crippen LogP contribution in [0.25, 0.3) is 0 Å². The molecule has 400 valence electrons. The molecule has 1 fully saturated rings. The lowest BCUT2D eigenvalue weighted by molar-refractivity contribution is -0.213. The molecule has 1 rings (SSSR count). The van der Waals surface area contributed by atoms with Crippen molar-refractivity contribution >= 4 is 35.4 Å². The molecule has 0 aromatic heterocycles. The Balaban J connectivity index is 2.77. The standard InChI is InChI=1S/C47H83O19P3/c1-3-5-7-9-11-13-15-17-19-20-22-24-26-28-30-32-34-36-41(49)63-39(37-61-40(48)35-33-31-29-27-25-23-21-18-16-14-12-10-8-6-4-2)38-62-69(59,60)66-45-42(50)43(51)46(64-67(53,54)55)47(44(45)52)65-68(56,57)58/h12,14,17-19,21-22,24,28,30,39,42-47,50-52H,3-11,13,15-16,20,23,25-27,29,31-38H2,1-2H3,(H,59,60)(H2,53,54,55)(H2,56,57,58)/t39-,42?,43?,44?,45+,46?,47+/m1/s1. The molecule has 8 atom stereocenters. The Morgan fingerprint density at radius 3 is 1.36 bits per heavy atom. The zero-order valence-corrected chi connectivity index (χ0v) is 43.3. The molecule has 1 saturated carbocycles. The average molecular weight is 1050 g/mol. The van der Waals surface area contributed by atoms with E-state index in [1.165, 1.54) is 57.8 Å². The quantitative estimate of drug-likeness (QED) is 0.0122. The average Bonchev–Trinajstić information content (AvgIpc) is 3.28. The topological polar surface area (TPSA) is 303 Å². The number of rotatable bonds is 41. The van der Waals surface area contributed by atoms with E-state index in [0.29, 0.717) is 25.7 Å². The first kappa shape index (κ1) is 64.9. The minimum Gasteiger partial charge on any atom is -0.462 e. The lowest BCUT2D eigenvalue weighted by atomic mass is 9.85. The Hall–Kier alpha value is -2.15. The Bertz CT molecular complexity index is 1670. The number of hydrogen-bond donors (Lipinski definition) is 8. The maximum atomic E-state index is 13.1. The molecule has 8 N–H and O–H groups in total. The van der Waals surface area contributed by atoms with Crippen molar-refractivity contribution in [1.29, 1.82) is 0 Å². The number of carbonyl (C=O) groups is 2. The Morgan fingerprint density at radius 2 is 0.855 bits per heavy atom. The fourth-order valence-corrected chi connectivity index (χ4v) is 9.19. The van der Waals surface area contributed by atoms with E-state index in [9.17, 15) is 63.1 Å². The molecule has 1 aliphatic carbocycles. The molecule has 0 amide bonds. The summed E-state index contributed by atoms with van der Waals surface area (Å²) < 4.78 is 65.4. The van der Waals surface area contributed by atoms with E-state index in [-0.39, 0.29) is 12.8 Å². The molecule has 69 heavy (non-hydrogen) atoms. The molecule has 22 heteroatoms. The van der Waals surface area contributed by atoms with E-state index in [2.05, 4.69) is 71.5 Å². The van der Waals surface area contributed by atoms with Crippen LogP contribution in [0.3, 0.4) is 0 Å². The third-order valence-corrected chi connectivity index (χ3v) is 12.8. The fourth-order valence-electron chi connectivity index (χ4n) is 7.10. The van der Waals surface area contributed by atoms with Gasteiger partial charge in [0.25, 0.3) is 0 Å². The van der Waals surface area contributed by atoms with Gasteiger partial charge in [0.2, 0.25) is 0 Å². The number of hydrogen-bond acceptors (Lipinski definition) is 14. The van der Waals surface area contributed by atoms with E-state index >= 15 is 0 Å². The van der Waals surface area contributed by atoms with Crippen molar-refractivity contribution in [3.05, 3.63) is 60.8 Å². The zero-order valence-electron chi connectivity index (χ0n) is 40.6. The van der Waals surface area contributed by atoms with Gasteiger partial charge in [-0.05, 0) is 77.0 Å². The van der Waals surface area contributed by atoms with Gasteiger partial charge in [0.15, 0.2) is 6.10 Å². The van der Waals surface area contributed by atoms with Crippen LogP contribution >= 0.6 is 23.5 Å². The normalized spacial score (nSPS) is 21.8. The molecule has 0 aliphatic heterocycles. The highest BCUT2D eigenvalue weighted by Gasteiger charge is 2.56. The van der Waals surface area contributed by atoms with Crippen molar-refractivity contribution in [2.45, 2.75) is 211 Å². The summed E-state index contributed by atoms with van der Waals surface area (Å²) in [6.45, 7) is 2.86. The maximum absolute atomic E-state index is 13.1. The highest BCUT2D eigenvalue weighted by Crippen LogP contribution is 2.51. The molecule has 0 heterocycles. The van der Waals surface area contributed by atoms with Crippen molar-refractivity contribution in [3.8, 4) is 0 Å². The second-order valence-electron chi connectivity index (χ2n) is 17.0. The number of phosphoric ester groups is 3. The molecule has 0 saturated heterocycles. The highest BCUT2D eigenvalue weighted by atomic mass is 31.2. The largest absolute Gasteiger partial charge is 0.472 e. The minimum atomic E-state index is -5.61. The molecule has 19 nitrogen and oxygen atoms in total. The van der Waals surface area contributed by atoms with Crippen LogP contribution < -0.4 is 0 Å². The van der Waals surface area contributed by atoms with Crippen LogP contribution in [0.2, 0.25) is 0 Å². The first-order chi connectivity index (χ1) is 32.8. The number of phosphoric acid groups is 3. The number of unbranched alkanes of at least 4 members (excludes halogenated alkanes) is 15. The predicted octanol–water partition coefficient (Wildman–Crippen LogP) is 9.18. The van der Waals surface area contributed by atoms with Crippen molar-refractivity contribution in [2.75, 3.05) is 13.2 Å². The number of ether oxygens (including phenoxy) is 2. The van der Waals surface area contributed by atoms with Gasteiger partial charge in [0.1, 0.15) is 43.2 Å². The third kappa shape index (κ3) is 34.8. The van der Waals surface area contributed by atoms with Gasteiger partial charge in [0, 0.05) is 12.8 Å². The van der Waals surface area contributed by atoms with Gasteiger partial charge in [-0.1, -0.05) is 139 Å². The lowest BCUT2D eigenvalue weighted by Gasteiger charge is -2.44. The summed E-state index contributed by atoms with van der Waals surface area (Å²) in [5.74, 6) is -1.38. The van der Waals surface area contributed by atoms with E-state index in [1.54, 1.807) is 0 Å². The van der Waals surface area contributed by atoms with E-state index in [0.717, 1.165) is 57.8 Å². The number of carbonyl (C=O) groups excluding carboxylic acids is 2. The van der Waals surface area contributed by atoms with Crippen molar-refractivity contribution in [2.24, 2.45) is 0 Å². The first-order valence-electron chi connectivity index (χ1n) is 24.6. The second kappa shape index (κ2) is 38.5. The Kier molecular flexibility index (Phi) is 36.2. The van der Waals surface area contributed by atoms with Gasteiger partial charge in [0.05, 0.1) is 6.61 Å². The summed E-state index contributed by atoms with van der Waals surface area (Å²) >= 11 is 0. The van der Waals surface area contributed by atoms with Crippen LogP contribution in [-0.2, 0) is 50.9 Å². The predicted molar refractivity (Wildman–Crippen MR) is 261 cm³/mol. The smallest absolute Gasteiger partial charge is 0.462 e. The molecule has 0 aromatic rings. The summed E-state index contributed by atoms with van der Waals surface area (Å²) in [6, 6.07) is 0. The SMILES string of the molecule is CCCCCC=CCC=CCCCCCCCC(=O)OC[C@H](COP(=O)(O)O[C@H]1C(O)C(O)C(OP(=O)(O)O)[C@@H](OP(=O)(O)O)C1O)OC(=O)CCCC=CCC=CCC=CCCCCCCCC. The van der Waals surface area contributed by atoms with Gasteiger partial charge < -0.3 is 49.3 Å². The minimum absolute atomic E-state index is 0.0510. The zero-order chi connectivity index (χ0) is 51.4. The highest BCUT2D eigenvalue weighted by molar-refractivity contribution is 7.47. The number of esters is 2. The molecule has 0 radical (unpaired) electrons. The molecule has 5 unspecified atom stereocenters. The van der Waals surface area contributed by atoms with Crippen LogP contribution in [0.5, 0.6) is 0 Å². The second-order valence-corrected chi connectivity index (χ2v) is 20.8. The summed E-state index contributed by atoms with van der Waals surface area (Å²) in [7, 11) is -16.6. The number of allylic oxidation sites excluding steroid dienone is 10. The van der Waals surface area contributed by atoms with E-state index in [4.69, 9.17) is 18.5 Å². The van der Waals surface area contributed by atoms with Crippen LogP contribution in [0.15, 0.2) is 60.8 Å². The van der Waals surface area contributed by atoms with E-state index < -0.39 is 91.3 Å². The Morgan fingerprint density at radius 1 is 0.464 bits per heavy atom. The van der Waals surface area contributed by atoms with Crippen molar-refractivity contribution < 1.29 is 90.6 Å². The van der Waals surface area contributed by atoms with Gasteiger partial charge >= 0.3 is 35.4 Å². The molecule has 0 aromatic carbocycles. The molecule has 0 bridgehead atoms. The third-order valence-electron chi connectivity index (χ3n) is 10.8. The van der Waals surface area contributed by atoms with Crippen LogP contribution in [0.1, 0.15) is 168 Å².